The van der Waals surface area contributed by atoms with E-state index in [0.717, 1.165) is 5.56 Å². The van der Waals surface area contributed by atoms with E-state index in [1.54, 1.807) is 17.9 Å². The normalized spacial score (nSPS) is 16.6. The van der Waals surface area contributed by atoms with Crippen LogP contribution in [0.25, 0.3) is 11.4 Å². The molecule has 0 bridgehead atoms. The van der Waals surface area contributed by atoms with Gasteiger partial charge in [-0.05, 0) is 49.7 Å². The average Bonchev–Trinajstić information content (AvgIpc) is 3.30. The standard InChI is InChI=1S/C21H20FN3O3/c1-3-27-18-7-5-4-6-16(18)20-23-21(28-24-20)14-11-19(26)25(12-14)17-9-8-15(22)10-13(17)2/h4-10,14H,3,11-12H2,1-2H3. The van der Waals surface area contributed by atoms with Gasteiger partial charge in [0.2, 0.25) is 17.6 Å². The van der Waals surface area contributed by atoms with Crippen LogP contribution >= 0.6 is 0 Å². The zero-order valence-corrected chi connectivity index (χ0v) is 15.7. The number of carbonyl (C=O) groups is 1. The van der Waals surface area contributed by atoms with E-state index in [1.807, 2.05) is 31.2 Å². The predicted octanol–water partition coefficient (Wildman–Crippen LogP) is 4.10. The van der Waals surface area contributed by atoms with E-state index < -0.39 is 0 Å². The van der Waals surface area contributed by atoms with Gasteiger partial charge in [-0.2, -0.15) is 4.98 Å². The van der Waals surface area contributed by atoms with Gasteiger partial charge in [0.15, 0.2) is 0 Å². The average molecular weight is 381 g/mol. The van der Waals surface area contributed by atoms with Gasteiger partial charge in [-0.15, -0.1) is 0 Å². The Hall–Kier alpha value is -3.22. The fourth-order valence-corrected chi connectivity index (χ4v) is 3.47. The van der Waals surface area contributed by atoms with Crippen LogP contribution in [0.2, 0.25) is 0 Å². The second-order valence-corrected chi connectivity index (χ2v) is 6.72. The first-order valence-corrected chi connectivity index (χ1v) is 9.19. The van der Waals surface area contributed by atoms with Crippen molar-refractivity contribution >= 4 is 11.6 Å². The minimum atomic E-state index is -0.320. The van der Waals surface area contributed by atoms with Gasteiger partial charge in [0.25, 0.3) is 0 Å². The highest BCUT2D eigenvalue weighted by Crippen LogP contribution is 2.34. The highest BCUT2D eigenvalue weighted by Gasteiger charge is 2.36. The van der Waals surface area contributed by atoms with E-state index in [0.29, 0.717) is 41.9 Å². The molecule has 3 aromatic rings. The Balaban J connectivity index is 1.58. The molecule has 1 saturated heterocycles. The fourth-order valence-electron chi connectivity index (χ4n) is 3.47. The summed E-state index contributed by atoms with van der Waals surface area (Å²) in [6.45, 7) is 4.65. The topological polar surface area (TPSA) is 68.5 Å². The first-order chi connectivity index (χ1) is 13.6. The molecule has 0 saturated carbocycles. The zero-order chi connectivity index (χ0) is 19.7. The van der Waals surface area contributed by atoms with E-state index in [4.69, 9.17) is 9.26 Å². The van der Waals surface area contributed by atoms with Crippen molar-refractivity contribution in [3.05, 3.63) is 59.7 Å². The Bertz CT molecular complexity index is 1020. The molecule has 1 aromatic heterocycles. The van der Waals surface area contributed by atoms with Gasteiger partial charge in [0, 0.05) is 18.7 Å². The molecule has 2 heterocycles. The largest absolute Gasteiger partial charge is 0.493 e. The highest BCUT2D eigenvalue weighted by atomic mass is 19.1. The first-order valence-electron chi connectivity index (χ1n) is 9.19. The number of aromatic nitrogens is 2. The minimum Gasteiger partial charge on any atom is -0.493 e. The second-order valence-electron chi connectivity index (χ2n) is 6.72. The molecule has 0 spiro atoms. The van der Waals surface area contributed by atoms with Gasteiger partial charge in [-0.3, -0.25) is 4.79 Å². The van der Waals surface area contributed by atoms with Crippen molar-refractivity contribution in [2.24, 2.45) is 0 Å². The number of halogens is 1. The molecule has 1 unspecified atom stereocenters. The van der Waals surface area contributed by atoms with Crippen molar-refractivity contribution in [1.82, 2.24) is 10.1 Å². The first kappa shape index (κ1) is 18.2. The molecule has 7 heteroatoms. The van der Waals surface area contributed by atoms with Gasteiger partial charge < -0.3 is 14.2 Å². The monoisotopic (exact) mass is 381 g/mol. The van der Waals surface area contributed by atoms with Crippen molar-refractivity contribution in [3.8, 4) is 17.1 Å². The van der Waals surface area contributed by atoms with Crippen LogP contribution in [-0.2, 0) is 4.79 Å². The number of carbonyl (C=O) groups excluding carboxylic acids is 1. The van der Waals surface area contributed by atoms with Gasteiger partial charge in [0.05, 0.1) is 18.1 Å². The SMILES string of the molecule is CCOc1ccccc1-c1noc(C2CC(=O)N(c3ccc(F)cc3C)C2)n1. The maximum Gasteiger partial charge on any atom is 0.232 e. The van der Waals surface area contributed by atoms with Crippen LogP contribution in [0.3, 0.4) is 0 Å². The molecule has 6 nitrogen and oxygen atoms in total. The third-order valence-corrected chi connectivity index (χ3v) is 4.79. The molecule has 28 heavy (non-hydrogen) atoms. The zero-order valence-electron chi connectivity index (χ0n) is 15.7. The van der Waals surface area contributed by atoms with Crippen LogP contribution in [0, 0.1) is 12.7 Å². The van der Waals surface area contributed by atoms with Crippen LogP contribution in [0.1, 0.15) is 30.7 Å². The number of aryl methyl sites for hydroxylation is 1. The molecule has 2 aromatic carbocycles. The third kappa shape index (κ3) is 3.35. The van der Waals surface area contributed by atoms with E-state index >= 15 is 0 Å². The number of hydrogen-bond acceptors (Lipinski definition) is 5. The number of rotatable bonds is 5. The van der Waals surface area contributed by atoms with Crippen LogP contribution in [-0.4, -0.2) is 29.2 Å². The number of ether oxygens (including phenoxy) is 1. The number of nitrogens with zero attached hydrogens (tertiary/aromatic N) is 3. The summed E-state index contributed by atoms with van der Waals surface area (Å²) >= 11 is 0. The Morgan fingerprint density at radius 2 is 2.11 bits per heavy atom. The van der Waals surface area contributed by atoms with E-state index in [-0.39, 0.29) is 24.1 Å². The van der Waals surface area contributed by atoms with Gasteiger partial charge in [-0.25, -0.2) is 4.39 Å². The van der Waals surface area contributed by atoms with Crippen molar-refractivity contribution < 1.29 is 18.4 Å². The number of benzene rings is 2. The number of anilines is 1. The molecular weight excluding hydrogens is 361 g/mol. The van der Waals surface area contributed by atoms with Crippen molar-refractivity contribution in [1.29, 1.82) is 0 Å². The smallest absolute Gasteiger partial charge is 0.232 e. The lowest BCUT2D eigenvalue weighted by Gasteiger charge is -2.18. The summed E-state index contributed by atoms with van der Waals surface area (Å²) in [7, 11) is 0. The number of amides is 1. The van der Waals surface area contributed by atoms with Crippen molar-refractivity contribution in [3.63, 3.8) is 0 Å². The van der Waals surface area contributed by atoms with Gasteiger partial charge >= 0.3 is 0 Å². The maximum atomic E-state index is 13.4. The lowest BCUT2D eigenvalue weighted by Crippen LogP contribution is -2.25. The lowest BCUT2D eigenvalue weighted by molar-refractivity contribution is -0.117. The molecule has 1 fully saturated rings. The highest BCUT2D eigenvalue weighted by molar-refractivity contribution is 5.97. The summed E-state index contributed by atoms with van der Waals surface area (Å²) in [5.74, 6) is 0.953. The molecule has 1 aliphatic rings. The summed E-state index contributed by atoms with van der Waals surface area (Å²) < 4.78 is 24.5. The lowest BCUT2D eigenvalue weighted by atomic mass is 10.1. The predicted molar refractivity (Wildman–Crippen MR) is 102 cm³/mol. The molecule has 1 aliphatic heterocycles. The summed E-state index contributed by atoms with van der Waals surface area (Å²) in [6.07, 6.45) is 0.269. The number of hydrogen-bond donors (Lipinski definition) is 0. The van der Waals surface area contributed by atoms with E-state index in [1.165, 1.54) is 12.1 Å². The molecule has 0 radical (unpaired) electrons. The van der Waals surface area contributed by atoms with E-state index in [2.05, 4.69) is 10.1 Å². The Morgan fingerprint density at radius 1 is 1.29 bits per heavy atom. The third-order valence-electron chi connectivity index (χ3n) is 4.79. The van der Waals surface area contributed by atoms with Gasteiger partial charge in [0.1, 0.15) is 11.6 Å². The van der Waals surface area contributed by atoms with Crippen LogP contribution in [0.15, 0.2) is 47.0 Å². The Kier molecular flexibility index (Phi) is 4.81. The summed E-state index contributed by atoms with van der Waals surface area (Å²) in [6, 6.07) is 11.9. The summed E-state index contributed by atoms with van der Waals surface area (Å²) in [5.41, 5.74) is 2.16. The van der Waals surface area contributed by atoms with E-state index in [9.17, 15) is 9.18 Å². The van der Waals surface area contributed by atoms with Crippen LogP contribution in [0.4, 0.5) is 10.1 Å². The molecule has 144 valence electrons. The van der Waals surface area contributed by atoms with Crippen molar-refractivity contribution in [2.75, 3.05) is 18.1 Å². The summed E-state index contributed by atoms with van der Waals surface area (Å²) in [5, 5.41) is 4.08. The molecule has 0 aliphatic carbocycles. The van der Waals surface area contributed by atoms with Crippen molar-refractivity contribution in [2.45, 2.75) is 26.2 Å². The quantitative estimate of drug-likeness (QED) is 0.665. The molecule has 0 N–H and O–H groups in total. The summed E-state index contributed by atoms with van der Waals surface area (Å²) in [4.78, 5) is 18.7. The number of para-hydroxylation sites is 1. The molecule has 1 amide bonds. The fraction of sp³-hybridized carbons (Fsp3) is 0.286. The molecule has 1 atom stereocenters. The maximum absolute atomic E-state index is 13.4. The molecular formula is C21H20FN3O3. The molecule has 4 rings (SSSR count). The second kappa shape index (κ2) is 7.42. The Labute approximate surface area is 161 Å². The van der Waals surface area contributed by atoms with Gasteiger partial charge in [-0.1, -0.05) is 17.3 Å². The van der Waals surface area contributed by atoms with Crippen LogP contribution < -0.4 is 9.64 Å². The Morgan fingerprint density at radius 3 is 2.89 bits per heavy atom. The van der Waals surface area contributed by atoms with Crippen LogP contribution in [0.5, 0.6) is 5.75 Å². The minimum absolute atomic E-state index is 0.0471.